The number of rotatable bonds is 11. The Hall–Kier alpha value is -7.02. The molecule has 0 unspecified atom stereocenters. The minimum absolute atomic E-state index is 0.0227. The molecular formula is C49H49ClN10O7S. The van der Waals surface area contributed by atoms with Crippen LogP contribution in [-0.2, 0) is 23.5 Å². The molecule has 1 saturated heterocycles. The Bertz CT molecular complexity index is 3340. The van der Waals surface area contributed by atoms with Gasteiger partial charge in [-0.2, -0.15) is 0 Å². The van der Waals surface area contributed by atoms with Gasteiger partial charge in [0.05, 0.1) is 32.6 Å². The second-order valence-electron chi connectivity index (χ2n) is 18.5. The lowest BCUT2D eigenvalue weighted by atomic mass is 9.72. The number of benzene rings is 3. The summed E-state index contributed by atoms with van der Waals surface area (Å²) in [4.78, 5) is 56.1. The van der Waals surface area contributed by atoms with Gasteiger partial charge < -0.3 is 19.9 Å². The van der Waals surface area contributed by atoms with Gasteiger partial charge in [-0.25, -0.2) is 27.5 Å². The van der Waals surface area contributed by atoms with E-state index in [2.05, 4.69) is 60.8 Å². The molecule has 0 bridgehead atoms. The van der Waals surface area contributed by atoms with Crippen molar-refractivity contribution in [1.29, 1.82) is 0 Å². The number of carbonyl (C=O) groups is 1. The lowest BCUT2D eigenvalue weighted by Crippen LogP contribution is -2.47. The minimum Gasteiger partial charge on any atom is -0.489 e. The second kappa shape index (κ2) is 17.6. The monoisotopic (exact) mass is 956 g/mol. The highest BCUT2D eigenvalue weighted by molar-refractivity contribution is 7.90. The standard InChI is InChI=1S/C49H49ClN10O7S/c1-49(2)15-13-32(39(27-49)30-7-9-33(50)10-8-30)28-57-18-20-58(21-19-57)36-11-12-38(40(24-36)59-41-22-31-14-17-52-46(31)54-45(41)48(62)56(59)3)47(61)55-68(65,66)37-25-42(60(63)64)44-43(26-37)67-29-35(53-44)23-34-6-4-5-16-51-34/h4-12,14,16-17,22,24-26,35,53H,13,15,18-21,23,27-29H2,1-3H3,(H,52,54)(H,55,61)/t35-/m0/s1. The van der Waals surface area contributed by atoms with Gasteiger partial charge in [0.25, 0.3) is 27.2 Å². The van der Waals surface area contributed by atoms with E-state index >= 15 is 0 Å². The second-order valence-corrected chi connectivity index (χ2v) is 20.6. The van der Waals surface area contributed by atoms with E-state index < -0.39 is 37.0 Å². The summed E-state index contributed by atoms with van der Waals surface area (Å²) in [7, 11) is -3.19. The predicted molar refractivity (Wildman–Crippen MR) is 261 cm³/mol. The Labute approximate surface area is 396 Å². The summed E-state index contributed by atoms with van der Waals surface area (Å²) in [5.74, 6) is -1.06. The van der Waals surface area contributed by atoms with E-state index in [-0.39, 0.29) is 46.3 Å². The normalized spacial score (nSPS) is 17.5. The van der Waals surface area contributed by atoms with Crippen LogP contribution < -0.4 is 25.2 Å². The fourth-order valence-corrected chi connectivity index (χ4v) is 10.8. The van der Waals surface area contributed by atoms with Crippen LogP contribution in [0.1, 0.15) is 54.7 Å². The Balaban J connectivity index is 0.953. The number of nitrogens with zero attached hydrogens (tertiary/aromatic N) is 7. The van der Waals surface area contributed by atoms with E-state index in [0.29, 0.717) is 35.7 Å². The number of allylic oxidation sites excluding steroid dienone is 1. The van der Waals surface area contributed by atoms with Gasteiger partial charge in [0.1, 0.15) is 12.3 Å². The third-order valence-electron chi connectivity index (χ3n) is 13.3. The van der Waals surface area contributed by atoms with Crippen molar-refractivity contribution in [2.45, 2.75) is 50.5 Å². The zero-order valence-corrected chi connectivity index (χ0v) is 39.2. The number of carbonyl (C=O) groups excluding carboxylic acids is 1. The maximum Gasteiger partial charge on any atom is 0.297 e. The molecule has 3 N–H and O–H groups in total. The number of amides is 1. The molecule has 0 radical (unpaired) electrons. The molecule has 0 spiro atoms. The van der Waals surface area contributed by atoms with Crippen LogP contribution in [0.5, 0.6) is 5.75 Å². The first-order valence-electron chi connectivity index (χ1n) is 22.4. The van der Waals surface area contributed by atoms with Crippen molar-refractivity contribution in [1.82, 2.24) is 33.9 Å². The molecule has 1 amide bonds. The van der Waals surface area contributed by atoms with Crippen LogP contribution in [0.4, 0.5) is 17.1 Å². The van der Waals surface area contributed by atoms with Crippen molar-refractivity contribution < 1.29 is 22.9 Å². The molecule has 10 rings (SSSR count). The number of aromatic nitrogens is 5. The number of nitro groups is 1. The van der Waals surface area contributed by atoms with Crippen molar-refractivity contribution in [3.63, 3.8) is 0 Å². The summed E-state index contributed by atoms with van der Waals surface area (Å²) < 4.78 is 39.2. The Morgan fingerprint density at radius 1 is 1.03 bits per heavy atom. The Morgan fingerprint density at radius 2 is 1.82 bits per heavy atom. The molecular weight excluding hydrogens is 908 g/mol. The average Bonchev–Trinajstić information content (AvgIpc) is 3.88. The smallest absolute Gasteiger partial charge is 0.297 e. The summed E-state index contributed by atoms with van der Waals surface area (Å²) in [5.41, 5.74) is 6.03. The largest absolute Gasteiger partial charge is 0.489 e. The molecule has 17 nitrogen and oxygen atoms in total. The molecule has 3 aromatic carbocycles. The van der Waals surface area contributed by atoms with Crippen LogP contribution in [0.3, 0.4) is 0 Å². The van der Waals surface area contributed by atoms with Crippen LogP contribution in [0.2, 0.25) is 5.02 Å². The first-order valence-corrected chi connectivity index (χ1v) is 24.3. The zero-order valence-electron chi connectivity index (χ0n) is 37.7. The number of sulfonamides is 1. The highest BCUT2D eigenvalue weighted by Crippen LogP contribution is 2.44. The summed E-state index contributed by atoms with van der Waals surface area (Å²) in [6, 6.07) is 24.0. The molecule has 1 fully saturated rings. The van der Waals surface area contributed by atoms with Gasteiger partial charge in [-0.05, 0) is 90.4 Å². The van der Waals surface area contributed by atoms with Gasteiger partial charge in [0, 0.05) is 92.5 Å². The van der Waals surface area contributed by atoms with Gasteiger partial charge in [-0.15, -0.1) is 0 Å². The molecule has 0 saturated carbocycles. The summed E-state index contributed by atoms with van der Waals surface area (Å²) in [6.45, 7) is 8.46. The molecule has 68 heavy (non-hydrogen) atoms. The van der Waals surface area contributed by atoms with Crippen LogP contribution >= 0.6 is 11.6 Å². The van der Waals surface area contributed by atoms with Crippen molar-refractivity contribution in [3.05, 3.63) is 145 Å². The molecule has 2 aliphatic heterocycles. The number of halogens is 1. The zero-order chi connectivity index (χ0) is 47.5. The van der Waals surface area contributed by atoms with Gasteiger partial charge in [-0.3, -0.25) is 29.6 Å². The third-order valence-corrected chi connectivity index (χ3v) is 14.8. The summed E-state index contributed by atoms with van der Waals surface area (Å²) in [6.07, 6.45) is 6.88. The topological polar surface area (TPSA) is 203 Å². The summed E-state index contributed by atoms with van der Waals surface area (Å²) >= 11 is 6.27. The number of fused-ring (bicyclic) bond motifs is 3. The lowest BCUT2D eigenvalue weighted by molar-refractivity contribution is -0.384. The number of piperazine rings is 1. The van der Waals surface area contributed by atoms with Crippen LogP contribution in [0.25, 0.3) is 33.3 Å². The number of hydrogen-bond acceptors (Lipinski definition) is 12. The Kier molecular flexibility index (Phi) is 11.6. The third kappa shape index (κ3) is 8.70. The number of nitro benzene ring substituents is 1. The predicted octanol–water partition coefficient (Wildman–Crippen LogP) is 7.48. The number of hydrogen-bond donors (Lipinski definition) is 3. The van der Waals surface area contributed by atoms with Crippen molar-refractivity contribution in [2.75, 3.05) is 49.5 Å². The molecule has 3 aliphatic rings. The Morgan fingerprint density at radius 3 is 2.57 bits per heavy atom. The summed E-state index contributed by atoms with van der Waals surface area (Å²) in [5, 5.41) is 17.0. The molecule has 6 heterocycles. The van der Waals surface area contributed by atoms with Gasteiger partial charge in [0.2, 0.25) is 0 Å². The van der Waals surface area contributed by atoms with Gasteiger partial charge >= 0.3 is 0 Å². The van der Waals surface area contributed by atoms with E-state index in [0.717, 1.165) is 67.8 Å². The first kappa shape index (κ1) is 44.8. The number of H-pyrrole nitrogens is 1. The van der Waals surface area contributed by atoms with Crippen LogP contribution in [-0.4, -0.2) is 93.8 Å². The fourth-order valence-electron chi connectivity index (χ4n) is 9.66. The molecule has 4 aromatic heterocycles. The number of aromatic amines is 1. The van der Waals surface area contributed by atoms with Gasteiger partial charge in [-0.1, -0.05) is 49.2 Å². The van der Waals surface area contributed by atoms with Crippen molar-refractivity contribution >= 4 is 72.2 Å². The highest BCUT2D eigenvalue weighted by Gasteiger charge is 2.34. The van der Waals surface area contributed by atoms with Crippen molar-refractivity contribution in [3.8, 4) is 11.4 Å². The number of nitrogens with one attached hydrogen (secondary N) is 3. The van der Waals surface area contributed by atoms with E-state index in [4.69, 9.17) is 16.3 Å². The maximum atomic E-state index is 14.5. The van der Waals surface area contributed by atoms with Crippen LogP contribution in [0, 0.1) is 15.5 Å². The van der Waals surface area contributed by atoms with E-state index in [1.807, 2.05) is 30.3 Å². The number of pyridine rings is 2. The maximum absolute atomic E-state index is 14.5. The molecule has 19 heteroatoms. The highest BCUT2D eigenvalue weighted by atomic mass is 35.5. The van der Waals surface area contributed by atoms with E-state index in [1.54, 1.807) is 48.4 Å². The average molecular weight is 958 g/mol. The molecule has 1 atom stereocenters. The van der Waals surface area contributed by atoms with E-state index in [9.17, 15) is 28.1 Å². The fraction of sp³-hybridized carbons (Fsp3) is 0.306. The van der Waals surface area contributed by atoms with Crippen molar-refractivity contribution in [2.24, 2.45) is 12.5 Å². The molecule has 1 aliphatic carbocycles. The molecule has 7 aromatic rings. The van der Waals surface area contributed by atoms with Crippen LogP contribution in [0.15, 0.2) is 113 Å². The van der Waals surface area contributed by atoms with Gasteiger partial charge in [0.15, 0.2) is 17.0 Å². The van der Waals surface area contributed by atoms with E-state index in [1.165, 1.54) is 27.5 Å². The number of ether oxygens (including phenoxy) is 1. The quantitative estimate of drug-likeness (QED) is 0.0854. The SMILES string of the molecule is Cn1c(=O)c2nc3[nH]ccc3cc2n1-c1cc(N2CCN(CC3=C(c4ccc(Cl)cc4)CC(C)(C)CC3)CC2)ccc1C(=O)NS(=O)(=O)c1cc2c(c([N+](=O)[O-])c1)N[C@@H](Cc1ccccn1)CO2. The lowest BCUT2D eigenvalue weighted by Gasteiger charge is -2.39. The first-order chi connectivity index (χ1) is 32.6. The number of anilines is 2. The minimum atomic E-state index is -4.75. The molecule has 350 valence electrons.